The van der Waals surface area contributed by atoms with Crippen LogP contribution in [0, 0.1) is 0 Å². The number of hydrogen-bond acceptors (Lipinski definition) is 6. The topological polar surface area (TPSA) is 74.1 Å². The fourth-order valence-electron chi connectivity index (χ4n) is 1.81. The Morgan fingerprint density at radius 3 is 3.16 bits per heavy atom. The second-order valence-electron chi connectivity index (χ2n) is 4.01. The fraction of sp³-hybridized carbons (Fsp3) is 0.250. The van der Waals surface area contributed by atoms with Gasteiger partial charge in [0, 0.05) is 6.54 Å². The lowest BCUT2D eigenvalue weighted by Gasteiger charge is -2.06. The minimum absolute atomic E-state index is 0.282. The summed E-state index contributed by atoms with van der Waals surface area (Å²) in [6.07, 6.45) is 1.74. The van der Waals surface area contributed by atoms with E-state index in [4.69, 9.17) is 9.47 Å². The number of hydrogen-bond donors (Lipinski definition) is 1. The molecule has 1 aromatic carbocycles. The molecule has 0 spiro atoms. The second-order valence-corrected chi connectivity index (χ2v) is 4.01. The maximum Gasteiger partial charge on any atom is 0.243 e. The monoisotopic (exact) mass is 259 g/mol. The minimum atomic E-state index is 0.282. The van der Waals surface area contributed by atoms with E-state index in [9.17, 15) is 0 Å². The van der Waals surface area contributed by atoms with Crippen molar-refractivity contribution in [1.29, 1.82) is 0 Å². The summed E-state index contributed by atoms with van der Waals surface area (Å²) < 4.78 is 12.2. The summed E-state index contributed by atoms with van der Waals surface area (Å²) in [5.74, 6) is 2.16. The van der Waals surface area contributed by atoms with Crippen LogP contribution in [0.25, 0.3) is 0 Å². The molecule has 1 aromatic heterocycles. The largest absolute Gasteiger partial charge is 0.454 e. The fourth-order valence-corrected chi connectivity index (χ4v) is 1.81. The van der Waals surface area contributed by atoms with Gasteiger partial charge in [0.2, 0.25) is 12.7 Å². The lowest BCUT2D eigenvalue weighted by Crippen LogP contribution is -2.08. The van der Waals surface area contributed by atoms with Crippen LogP contribution in [0.15, 0.2) is 30.9 Å². The molecule has 0 saturated carbocycles. The summed E-state index contributed by atoms with van der Waals surface area (Å²) in [5.41, 5.74) is 1.07. The Labute approximate surface area is 109 Å². The third-order valence-electron chi connectivity index (χ3n) is 2.72. The molecule has 0 bridgehead atoms. The van der Waals surface area contributed by atoms with Crippen molar-refractivity contribution in [3.8, 4) is 11.5 Å². The Morgan fingerprint density at radius 2 is 2.26 bits per heavy atom. The molecule has 0 amide bonds. The highest BCUT2D eigenvalue weighted by atomic mass is 16.7. The lowest BCUT2D eigenvalue weighted by atomic mass is 10.2. The molecule has 7 heteroatoms. The summed E-state index contributed by atoms with van der Waals surface area (Å²) in [4.78, 5) is 0. The molecule has 3 rings (SSSR count). The van der Waals surface area contributed by atoms with Gasteiger partial charge in [0.15, 0.2) is 11.5 Å². The maximum atomic E-state index is 5.33. The number of tetrazole rings is 1. The van der Waals surface area contributed by atoms with Crippen molar-refractivity contribution in [3.05, 3.63) is 36.4 Å². The molecule has 1 N–H and O–H groups in total. The van der Waals surface area contributed by atoms with Crippen molar-refractivity contribution < 1.29 is 9.47 Å². The summed E-state index contributed by atoms with van der Waals surface area (Å²) >= 11 is 0. The normalized spacial score (nSPS) is 12.4. The molecule has 0 unspecified atom stereocenters. The first-order valence-corrected chi connectivity index (χ1v) is 5.86. The number of fused-ring (bicyclic) bond motifs is 1. The molecule has 0 radical (unpaired) electrons. The Morgan fingerprint density at radius 1 is 1.37 bits per heavy atom. The van der Waals surface area contributed by atoms with Crippen LogP contribution < -0.4 is 14.8 Å². The molecular formula is C12H13N5O2. The van der Waals surface area contributed by atoms with Crippen LogP contribution in [0.4, 0.5) is 5.95 Å². The molecule has 0 atom stereocenters. The number of aromatic nitrogens is 4. The molecular weight excluding hydrogens is 246 g/mol. The van der Waals surface area contributed by atoms with Crippen LogP contribution in [-0.4, -0.2) is 27.0 Å². The molecule has 98 valence electrons. The van der Waals surface area contributed by atoms with Crippen molar-refractivity contribution in [2.24, 2.45) is 0 Å². The third-order valence-corrected chi connectivity index (χ3v) is 2.72. The Hall–Kier alpha value is -2.57. The van der Waals surface area contributed by atoms with Gasteiger partial charge >= 0.3 is 0 Å². The lowest BCUT2D eigenvalue weighted by molar-refractivity contribution is 0.174. The zero-order chi connectivity index (χ0) is 13.1. The first-order chi connectivity index (χ1) is 9.36. The predicted octanol–water partition coefficient (Wildman–Crippen LogP) is 1.20. The van der Waals surface area contributed by atoms with Gasteiger partial charge in [0.1, 0.15) is 0 Å². The summed E-state index contributed by atoms with van der Waals surface area (Å²) in [6, 6.07) is 5.81. The zero-order valence-electron chi connectivity index (χ0n) is 10.2. The van der Waals surface area contributed by atoms with E-state index in [0.29, 0.717) is 19.0 Å². The van der Waals surface area contributed by atoms with Gasteiger partial charge in [-0.05, 0) is 28.1 Å². The van der Waals surface area contributed by atoms with Crippen LogP contribution in [-0.2, 0) is 13.1 Å². The van der Waals surface area contributed by atoms with Crippen molar-refractivity contribution in [3.63, 3.8) is 0 Å². The van der Waals surface area contributed by atoms with Crippen LogP contribution >= 0.6 is 0 Å². The number of nitrogens with one attached hydrogen (secondary N) is 1. The van der Waals surface area contributed by atoms with E-state index in [1.54, 1.807) is 10.8 Å². The van der Waals surface area contributed by atoms with Gasteiger partial charge in [-0.15, -0.1) is 6.58 Å². The Kier molecular flexibility index (Phi) is 3.01. The van der Waals surface area contributed by atoms with Crippen LogP contribution in [0.5, 0.6) is 11.5 Å². The average molecular weight is 259 g/mol. The summed E-state index contributed by atoms with van der Waals surface area (Å²) in [6.45, 7) is 5.11. The van der Waals surface area contributed by atoms with Gasteiger partial charge in [-0.25, -0.2) is 4.68 Å². The van der Waals surface area contributed by atoms with Crippen molar-refractivity contribution in [2.75, 3.05) is 12.1 Å². The van der Waals surface area contributed by atoms with E-state index in [1.165, 1.54) is 0 Å². The predicted molar refractivity (Wildman–Crippen MR) is 67.9 cm³/mol. The summed E-state index contributed by atoms with van der Waals surface area (Å²) in [7, 11) is 0. The smallest absolute Gasteiger partial charge is 0.243 e. The van der Waals surface area contributed by atoms with Gasteiger partial charge in [0.25, 0.3) is 0 Å². The number of ether oxygens (including phenoxy) is 2. The third kappa shape index (κ3) is 2.35. The Bertz CT molecular complexity index is 596. The van der Waals surface area contributed by atoms with E-state index in [0.717, 1.165) is 17.1 Å². The molecule has 0 saturated heterocycles. The van der Waals surface area contributed by atoms with E-state index in [-0.39, 0.29) is 6.79 Å². The standard InChI is InChI=1S/C12H13N5O2/c1-2-5-17-12(14-15-16-17)13-7-9-3-4-10-11(6-9)19-8-18-10/h2-4,6H,1,5,7-8H2,(H,13,14,16). The number of rotatable bonds is 5. The highest BCUT2D eigenvalue weighted by molar-refractivity contribution is 5.45. The van der Waals surface area contributed by atoms with Gasteiger partial charge in [-0.3, -0.25) is 0 Å². The Balaban J connectivity index is 1.68. The van der Waals surface area contributed by atoms with E-state index < -0.39 is 0 Å². The van der Waals surface area contributed by atoms with Crippen molar-refractivity contribution in [1.82, 2.24) is 20.2 Å². The quantitative estimate of drug-likeness (QED) is 0.813. The molecule has 1 aliphatic rings. The number of benzene rings is 1. The number of nitrogens with zero attached hydrogens (tertiary/aromatic N) is 4. The van der Waals surface area contributed by atoms with Gasteiger partial charge in [-0.1, -0.05) is 17.2 Å². The van der Waals surface area contributed by atoms with Crippen LogP contribution in [0.1, 0.15) is 5.56 Å². The van der Waals surface area contributed by atoms with Gasteiger partial charge in [-0.2, -0.15) is 0 Å². The maximum absolute atomic E-state index is 5.33. The van der Waals surface area contributed by atoms with E-state index in [1.807, 2.05) is 18.2 Å². The highest BCUT2D eigenvalue weighted by Crippen LogP contribution is 2.32. The molecule has 1 aliphatic heterocycles. The van der Waals surface area contributed by atoms with Gasteiger partial charge < -0.3 is 14.8 Å². The number of allylic oxidation sites excluding steroid dienone is 1. The molecule has 2 heterocycles. The average Bonchev–Trinajstić information content (AvgIpc) is 3.05. The molecule has 0 aliphatic carbocycles. The van der Waals surface area contributed by atoms with Gasteiger partial charge in [0.05, 0.1) is 6.54 Å². The van der Waals surface area contributed by atoms with Crippen LogP contribution in [0.2, 0.25) is 0 Å². The molecule has 19 heavy (non-hydrogen) atoms. The van der Waals surface area contributed by atoms with E-state index >= 15 is 0 Å². The first-order valence-electron chi connectivity index (χ1n) is 5.86. The minimum Gasteiger partial charge on any atom is -0.454 e. The number of anilines is 1. The molecule has 2 aromatic rings. The summed E-state index contributed by atoms with van der Waals surface area (Å²) in [5, 5.41) is 14.5. The highest BCUT2D eigenvalue weighted by Gasteiger charge is 2.13. The van der Waals surface area contributed by atoms with Crippen LogP contribution in [0.3, 0.4) is 0 Å². The second kappa shape index (κ2) is 4.97. The SMILES string of the molecule is C=CCn1nnnc1NCc1ccc2c(c1)OCO2. The van der Waals surface area contributed by atoms with Crippen molar-refractivity contribution >= 4 is 5.95 Å². The van der Waals surface area contributed by atoms with Crippen molar-refractivity contribution in [2.45, 2.75) is 13.1 Å². The van der Waals surface area contributed by atoms with E-state index in [2.05, 4.69) is 27.4 Å². The first kappa shape index (κ1) is 11.5. The molecule has 7 nitrogen and oxygen atoms in total. The molecule has 0 fully saturated rings. The zero-order valence-corrected chi connectivity index (χ0v) is 10.2.